The van der Waals surface area contributed by atoms with Gasteiger partial charge in [-0.25, -0.2) is 0 Å². The highest BCUT2D eigenvalue weighted by Crippen LogP contribution is 1.93. The zero-order valence-electron chi connectivity index (χ0n) is 11.0. The number of carbonyl (C=O) groups is 1. The largest absolute Gasteiger partial charge is 0.356 e. The molecule has 0 aromatic rings. The molecule has 0 aromatic carbocycles. The van der Waals surface area contributed by atoms with Crippen molar-refractivity contribution in [2.75, 3.05) is 13.1 Å². The molecule has 1 atom stereocenters. The summed E-state index contributed by atoms with van der Waals surface area (Å²) in [6, 6.07) is -0.0221. The monoisotopic (exact) mass is 234 g/mol. The number of hydrogen-bond acceptors (Lipinski definition) is 2. The maximum absolute atomic E-state index is 11.2. The fourth-order valence-electron chi connectivity index (χ4n) is 1.21. The molecule has 0 saturated carbocycles. The lowest BCUT2D eigenvalue weighted by Crippen LogP contribution is -2.31. The SMILES string of the molecule is C=C(C)/C=C\C(C#CC)NCCC(=O)NCC. The van der Waals surface area contributed by atoms with E-state index in [9.17, 15) is 4.79 Å². The van der Waals surface area contributed by atoms with E-state index in [4.69, 9.17) is 0 Å². The smallest absolute Gasteiger partial charge is 0.221 e. The zero-order chi connectivity index (χ0) is 13.1. The van der Waals surface area contributed by atoms with E-state index in [1.165, 1.54) is 0 Å². The van der Waals surface area contributed by atoms with Gasteiger partial charge < -0.3 is 5.32 Å². The van der Waals surface area contributed by atoms with Gasteiger partial charge in [-0.15, -0.1) is 5.92 Å². The fourth-order valence-corrected chi connectivity index (χ4v) is 1.21. The van der Waals surface area contributed by atoms with Gasteiger partial charge in [0.15, 0.2) is 0 Å². The first-order valence-corrected chi connectivity index (χ1v) is 5.86. The minimum atomic E-state index is -0.0221. The fraction of sp³-hybridized carbons (Fsp3) is 0.500. The quantitative estimate of drug-likeness (QED) is 0.519. The van der Waals surface area contributed by atoms with Crippen LogP contribution in [0.3, 0.4) is 0 Å². The summed E-state index contributed by atoms with van der Waals surface area (Å²) in [6.45, 7) is 10.7. The van der Waals surface area contributed by atoms with Crippen LogP contribution in [-0.4, -0.2) is 25.0 Å². The molecule has 3 nitrogen and oxygen atoms in total. The molecular formula is C14H22N2O. The average Bonchev–Trinajstić information content (AvgIpc) is 2.26. The lowest BCUT2D eigenvalue weighted by atomic mass is 10.2. The Bertz CT molecular complexity index is 334. The topological polar surface area (TPSA) is 41.1 Å². The van der Waals surface area contributed by atoms with Crippen LogP contribution in [0.5, 0.6) is 0 Å². The number of allylic oxidation sites excluding steroid dienone is 2. The van der Waals surface area contributed by atoms with Gasteiger partial charge in [0.05, 0.1) is 6.04 Å². The molecule has 0 saturated heterocycles. The van der Waals surface area contributed by atoms with Crippen molar-refractivity contribution >= 4 is 5.91 Å². The Morgan fingerprint density at radius 3 is 2.76 bits per heavy atom. The van der Waals surface area contributed by atoms with Crippen molar-refractivity contribution in [2.45, 2.75) is 33.2 Å². The second-order valence-electron chi connectivity index (χ2n) is 3.74. The van der Waals surface area contributed by atoms with Gasteiger partial charge >= 0.3 is 0 Å². The molecule has 0 rings (SSSR count). The van der Waals surface area contributed by atoms with Crippen LogP contribution in [0.4, 0.5) is 0 Å². The normalized spacial score (nSPS) is 11.7. The summed E-state index contributed by atoms with van der Waals surface area (Å²) >= 11 is 0. The third kappa shape index (κ3) is 9.40. The molecule has 0 bridgehead atoms. The molecule has 3 heteroatoms. The minimum absolute atomic E-state index is 0.0221. The molecular weight excluding hydrogens is 212 g/mol. The van der Waals surface area contributed by atoms with Crippen molar-refractivity contribution < 1.29 is 4.79 Å². The molecule has 94 valence electrons. The van der Waals surface area contributed by atoms with Crippen molar-refractivity contribution in [3.63, 3.8) is 0 Å². The van der Waals surface area contributed by atoms with Crippen molar-refractivity contribution in [3.8, 4) is 11.8 Å². The number of carbonyl (C=O) groups excluding carboxylic acids is 1. The van der Waals surface area contributed by atoms with Crippen molar-refractivity contribution in [2.24, 2.45) is 0 Å². The molecule has 17 heavy (non-hydrogen) atoms. The molecule has 0 spiro atoms. The molecule has 0 aliphatic carbocycles. The van der Waals surface area contributed by atoms with E-state index in [-0.39, 0.29) is 11.9 Å². The maximum Gasteiger partial charge on any atom is 0.221 e. The first kappa shape index (κ1) is 15.5. The van der Waals surface area contributed by atoms with Crippen molar-refractivity contribution in [3.05, 3.63) is 24.3 Å². The van der Waals surface area contributed by atoms with E-state index in [1.54, 1.807) is 6.92 Å². The first-order chi connectivity index (χ1) is 8.10. The number of rotatable bonds is 7. The number of nitrogens with one attached hydrogen (secondary N) is 2. The third-order valence-corrected chi connectivity index (χ3v) is 1.96. The molecule has 1 amide bonds. The molecule has 0 aliphatic rings. The summed E-state index contributed by atoms with van der Waals surface area (Å²) in [7, 11) is 0. The molecule has 1 unspecified atom stereocenters. The van der Waals surface area contributed by atoms with Gasteiger partial charge in [-0.2, -0.15) is 0 Å². The third-order valence-electron chi connectivity index (χ3n) is 1.96. The molecule has 2 N–H and O–H groups in total. The zero-order valence-corrected chi connectivity index (χ0v) is 11.0. The van der Waals surface area contributed by atoms with E-state index in [0.717, 1.165) is 5.57 Å². The van der Waals surface area contributed by atoms with Gasteiger partial charge in [0.25, 0.3) is 0 Å². The van der Waals surface area contributed by atoms with E-state index in [2.05, 4.69) is 29.1 Å². The van der Waals surface area contributed by atoms with Crippen LogP contribution >= 0.6 is 0 Å². The summed E-state index contributed by atoms with van der Waals surface area (Å²) < 4.78 is 0. The van der Waals surface area contributed by atoms with Crippen LogP contribution in [0.25, 0.3) is 0 Å². The van der Waals surface area contributed by atoms with E-state index in [0.29, 0.717) is 19.5 Å². The summed E-state index contributed by atoms with van der Waals surface area (Å²) in [4.78, 5) is 11.2. The van der Waals surface area contributed by atoms with Crippen LogP contribution in [0.2, 0.25) is 0 Å². The highest BCUT2D eigenvalue weighted by atomic mass is 16.1. The average molecular weight is 234 g/mol. The van der Waals surface area contributed by atoms with Gasteiger partial charge in [0, 0.05) is 19.5 Å². The predicted molar refractivity (Wildman–Crippen MR) is 72.5 cm³/mol. The standard InChI is InChI=1S/C14H22N2O/c1-5-7-13(9-8-12(3)4)16-11-10-14(17)15-6-2/h8-9,13,16H,3,6,10-11H2,1-2,4H3,(H,15,17)/b9-8-. The summed E-state index contributed by atoms with van der Waals surface area (Å²) in [5.74, 6) is 5.95. The van der Waals surface area contributed by atoms with Gasteiger partial charge in [0.1, 0.15) is 0 Å². The summed E-state index contributed by atoms with van der Waals surface area (Å²) in [6.07, 6.45) is 4.35. The second-order valence-corrected chi connectivity index (χ2v) is 3.74. The minimum Gasteiger partial charge on any atom is -0.356 e. The van der Waals surface area contributed by atoms with Crippen LogP contribution in [-0.2, 0) is 4.79 Å². The summed E-state index contributed by atoms with van der Waals surface area (Å²) in [5, 5.41) is 5.96. The van der Waals surface area contributed by atoms with Gasteiger partial charge in [0.2, 0.25) is 5.91 Å². The van der Waals surface area contributed by atoms with Crippen LogP contribution in [0.1, 0.15) is 27.2 Å². The van der Waals surface area contributed by atoms with Crippen LogP contribution < -0.4 is 10.6 Å². The first-order valence-electron chi connectivity index (χ1n) is 5.86. The van der Waals surface area contributed by atoms with Gasteiger partial charge in [-0.05, 0) is 20.8 Å². The maximum atomic E-state index is 11.2. The Balaban J connectivity index is 4.04. The number of amides is 1. The van der Waals surface area contributed by atoms with Crippen molar-refractivity contribution in [1.29, 1.82) is 0 Å². The highest BCUT2D eigenvalue weighted by molar-refractivity contribution is 5.75. The Morgan fingerprint density at radius 1 is 1.53 bits per heavy atom. The molecule has 0 fully saturated rings. The van der Waals surface area contributed by atoms with E-state index in [1.807, 2.05) is 26.0 Å². The molecule has 0 heterocycles. The Labute approximate surface area is 104 Å². The highest BCUT2D eigenvalue weighted by Gasteiger charge is 2.02. The van der Waals surface area contributed by atoms with Gasteiger partial charge in [-0.1, -0.05) is 30.2 Å². The summed E-state index contributed by atoms with van der Waals surface area (Å²) in [5.41, 5.74) is 0.985. The van der Waals surface area contributed by atoms with E-state index < -0.39 is 0 Å². The van der Waals surface area contributed by atoms with E-state index >= 15 is 0 Å². The Kier molecular flexibility index (Phi) is 8.81. The van der Waals surface area contributed by atoms with Crippen molar-refractivity contribution in [1.82, 2.24) is 10.6 Å². The van der Waals surface area contributed by atoms with Crippen LogP contribution in [0.15, 0.2) is 24.3 Å². The lowest BCUT2D eigenvalue weighted by Gasteiger charge is -2.08. The predicted octanol–water partition coefficient (Wildman–Crippen LogP) is 1.63. The lowest BCUT2D eigenvalue weighted by molar-refractivity contribution is -0.120. The van der Waals surface area contributed by atoms with Gasteiger partial charge in [-0.3, -0.25) is 10.1 Å². The van der Waals surface area contributed by atoms with Crippen LogP contribution in [0, 0.1) is 11.8 Å². The second kappa shape index (κ2) is 9.68. The Morgan fingerprint density at radius 2 is 2.24 bits per heavy atom. The number of hydrogen-bond donors (Lipinski definition) is 2. The Hall–Kier alpha value is -1.53. The molecule has 0 aromatic heterocycles. The molecule has 0 aliphatic heterocycles. The molecule has 0 radical (unpaired) electrons.